The van der Waals surface area contributed by atoms with Gasteiger partial charge in [0.25, 0.3) is 0 Å². The topological polar surface area (TPSA) is 79.5 Å². The Morgan fingerprint density at radius 3 is 2.79 bits per heavy atom. The van der Waals surface area contributed by atoms with Gasteiger partial charge in [0.1, 0.15) is 5.82 Å². The van der Waals surface area contributed by atoms with Gasteiger partial charge in [-0.05, 0) is 38.3 Å². The summed E-state index contributed by atoms with van der Waals surface area (Å²) in [7, 11) is 0. The van der Waals surface area contributed by atoms with Crippen molar-refractivity contribution in [2.75, 3.05) is 11.4 Å². The molecule has 0 bridgehead atoms. The standard InChI is InChI=1S/C14H21N3O2/c1-9-3-4-12(14(15)19)8-17(9)13-6-5-11(7-16-13)10(2)18/h5-7,9-10,12,18H,3-4,8H2,1-2H3,(H2,15,19)/t9?,10-,12?/m1/s1. The lowest BCUT2D eigenvalue weighted by atomic mass is 9.93. The van der Waals surface area contributed by atoms with Crippen LogP contribution in [0.25, 0.3) is 0 Å². The zero-order valence-corrected chi connectivity index (χ0v) is 11.4. The van der Waals surface area contributed by atoms with Crippen molar-refractivity contribution in [2.24, 2.45) is 11.7 Å². The van der Waals surface area contributed by atoms with Crippen LogP contribution in [-0.2, 0) is 4.79 Å². The normalized spacial score (nSPS) is 25.1. The maximum Gasteiger partial charge on any atom is 0.222 e. The molecule has 1 aliphatic heterocycles. The molecule has 5 nitrogen and oxygen atoms in total. The SMILES string of the molecule is CC1CCC(C(N)=O)CN1c1ccc([C@@H](C)O)cn1. The molecule has 104 valence electrons. The Hall–Kier alpha value is -1.62. The number of pyridine rings is 1. The molecule has 0 radical (unpaired) electrons. The molecule has 1 aromatic heterocycles. The Morgan fingerprint density at radius 1 is 1.53 bits per heavy atom. The van der Waals surface area contributed by atoms with E-state index in [0.29, 0.717) is 12.6 Å². The van der Waals surface area contributed by atoms with Gasteiger partial charge in [-0.1, -0.05) is 6.07 Å². The van der Waals surface area contributed by atoms with E-state index in [2.05, 4.69) is 16.8 Å². The van der Waals surface area contributed by atoms with Gasteiger partial charge in [-0.3, -0.25) is 4.79 Å². The molecule has 0 aliphatic carbocycles. The molecule has 3 N–H and O–H groups in total. The molecular weight excluding hydrogens is 242 g/mol. The number of piperidine rings is 1. The smallest absolute Gasteiger partial charge is 0.222 e. The second-order valence-corrected chi connectivity index (χ2v) is 5.30. The Labute approximate surface area is 113 Å². The highest BCUT2D eigenvalue weighted by Gasteiger charge is 2.29. The van der Waals surface area contributed by atoms with Gasteiger partial charge >= 0.3 is 0 Å². The summed E-state index contributed by atoms with van der Waals surface area (Å²) in [6.07, 6.45) is 2.95. The van der Waals surface area contributed by atoms with E-state index in [0.717, 1.165) is 24.2 Å². The van der Waals surface area contributed by atoms with Crippen molar-refractivity contribution in [1.82, 2.24) is 4.98 Å². The summed E-state index contributed by atoms with van der Waals surface area (Å²) < 4.78 is 0. The molecule has 2 rings (SSSR count). The fourth-order valence-electron chi connectivity index (χ4n) is 2.47. The summed E-state index contributed by atoms with van der Waals surface area (Å²) in [4.78, 5) is 17.8. The number of hydrogen-bond donors (Lipinski definition) is 2. The van der Waals surface area contributed by atoms with Gasteiger partial charge in [0.2, 0.25) is 5.91 Å². The lowest BCUT2D eigenvalue weighted by Gasteiger charge is -2.37. The van der Waals surface area contributed by atoms with Crippen LogP contribution in [0.4, 0.5) is 5.82 Å². The first-order valence-corrected chi connectivity index (χ1v) is 6.69. The predicted molar refractivity (Wildman–Crippen MR) is 73.6 cm³/mol. The molecule has 5 heteroatoms. The molecule has 2 unspecified atom stereocenters. The summed E-state index contributed by atoms with van der Waals surface area (Å²) in [6.45, 7) is 4.46. The minimum absolute atomic E-state index is 0.102. The second kappa shape index (κ2) is 5.57. The molecular formula is C14H21N3O2. The van der Waals surface area contributed by atoms with Crippen LogP contribution in [0.1, 0.15) is 38.4 Å². The summed E-state index contributed by atoms with van der Waals surface area (Å²) in [5.74, 6) is 0.495. The predicted octanol–water partition coefficient (Wildman–Crippen LogP) is 1.23. The molecule has 1 amide bonds. The van der Waals surface area contributed by atoms with E-state index < -0.39 is 6.10 Å². The number of amides is 1. The van der Waals surface area contributed by atoms with Crippen LogP contribution in [0.2, 0.25) is 0 Å². The largest absolute Gasteiger partial charge is 0.389 e. The lowest BCUT2D eigenvalue weighted by Crippen LogP contribution is -2.46. The molecule has 19 heavy (non-hydrogen) atoms. The maximum absolute atomic E-state index is 11.3. The monoisotopic (exact) mass is 263 g/mol. The number of nitrogens with zero attached hydrogens (tertiary/aromatic N) is 2. The Balaban J connectivity index is 2.16. The van der Waals surface area contributed by atoms with Gasteiger partial charge in [0, 0.05) is 18.8 Å². The third-order valence-corrected chi connectivity index (χ3v) is 3.83. The first-order valence-electron chi connectivity index (χ1n) is 6.69. The highest BCUT2D eigenvalue weighted by atomic mass is 16.3. The van der Waals surface area contributed by atoms with E-state index in [-0.39, 0.29) is 11.8 Å². The fraction of sp³-hybridized carbons (Fsp3) is 0.571. The number of aromatic nitrogens is 1. The van der Waals surface area contributed by atoms with Crippen molar-refractivity contribution in [3.63, 3.8) is 0 Å². The molecule has 0 saturated carbocycles. The average Bonchev–Trinajstić information content (AvgIpc) is 2.39. The van der Waals surface area contributed by atoms with Crippen LogP contribution in [-0.4, -0.2) is 28.6 Å². The van der Waals surface area contributed by atoms with Crippen LogP contribution in [0.3, 0.4) is 0 Å². The van der Waals surface area contributed by atoms with Gasteiger partial charge in [0.15, 0.2) is 0 Å². The van der Waals surface area contributed by atoms with E-state index in [1.165, 1.54) is 0 Å². The van der Waals surface area contributed by atoms with E-state index >= 15 is 0 Å². The second-order valence-electron chi connectivity index (χ2n) is 5.30. The number of carbonyl (C=O) groups is 1. The zero-order valence-electron chi connectivity index (χ0n) is 11.4. The minimum Gasteiger partial charge on any atom is -0.389 e. The molecule has 0 spiro atoms. The Morgan fingerprint density at radius 2 is 2.26 bits per heavy atom. The summed E-state index contributed by atoms with van der Waals surface area (Å²) in [5.41, 5.74) is 6.19. The van der Waals surface area contributed by atoms with Crippen molar-refractivity contribution >= 4 is 11.7 Å². The van der Waals surface area contributed by atoms with Crippen LogP contribution in [0.5, 0.6) is 0 Å². The van der Waals surface area contributed by atoms with Crippen molar-refractivity contribution in [3.05, 3.63) is 23.9 Å². The highest BCUT2D eigenvalue weighted by Crippen LogP contribution is 2.26. The van der Waals surface area contributed by atoms with Crippen molar-refractivity contribution in [2.45, 2.75) is 38.8 Å². The zero-order chi connectivity index (χ0) is 14.0. The first kappa shape index (κ1) is 13.8. The van der Waals surface area contributed by atoms with Gasteiger partial charge in [-0.15, -0.1) is 0 Å². The average molecular weight is 263 g/mol. The number of anilines is 1. The van der Waals surface area contributed by atoms with Crippen molar-refractivity contribution < 1.29 is 9.90 Å². The molecule has 1 aliphatic rings. The van der Waals surface area contributed by atoms with Gasteiger partial charge in [-0.2, -0.15) is 0 Å². The van der Waals surface area contributed by atoms with Crippen molar-refractivity contribution in [1.29, 1.82) is 0 Å². The van der Waals surface area contributed by atoms with Crippen LogP contribution >= 0.6 is 0 Å². The molecule has 1 saturated heterocycles. The minimum atomic E-state index is -0.515. The van der Waals surface area contributed by atoms with E-state index in [1.54, 1.807) is 13.1 Å². The van der Waals surface area contributed by atoms with Gasteiger partial charge < -0.3 is 15.7 Å². The number of primary amides is 1. The Kier molecular flexibility index (Phi) is 4.04. The molecule has 1 aromatic rings. The number of hydrogen-bond acceptors (Lipinski definition) is 4. The molecule has 0 aromatic carbocycles. The van der Waals surface area contributed by atoms with Crippen LogP contribution < -0.4 is 10.6 Å². The quantitative estimate of drug-likeness (QED) is 0.859. The van der Waals surface area contributed by atoms with E-state index in [4.69, 9.17) is 5.73 Å². The third kappa shape index (κ3) is 3.04. The van der Waals surface area contributed by atoms with E-state index in [9.17, 15) is 9.90 Å². The lowest BCUT2D eigenvalue weighted by molar-refractivity contribution is -0.122. The molecule has 3 atom stereocenters. The number of aliphatic hydroxyl groups excluding tert-OH is 1. The summed E-state index contributed by atoms with van der Waals surface area (Å²) in [6, 6.07) is 4.11. The molecule has 2 heterocycles. The Bertz CT molecular complexity index is 445. The first-order chi connectivity index (χ1) is 8.99. The third-order valence-electron chi connectivity index (χ3n) is 3.83. The maximum atomic E-state index is 11.3. The van der Waals surface area contributed by atoms with Crippen molar-refractivity contribution in [3.8, 4) is 0 Å². The number of carbonyl (C=O) groups excluding carboxylic acids is 1. The summed E-state index contributed by atoms with van der Waals surface area (Å²) in [5, 5.41) is 9.48. The number of aliphatic hydroxyl groups is 1. The molecule has 1 fully saturated rings. The highest BCUT2D eigenvalue weighted by molar-refractivity contribution is 5.77. The van der Waals surface area contributed by atoms with Crippen LogP contribution in [0.15, 0.2) is 18.3 Å². The number of nitrogens with two attached hydrogens (primary N) is 1. The fourth-order valence-corrected chi connectivity index (χ4v) is 2.47. The number of rotatable bonds is 3. The van der Waals surface area contributed by atoms with E-state index in [1.807, 2.05) is 12.1 Å². The summed E-state index contributed by atoms with van der Waals surface area (Å²) >= 11 is 0. The van der Waals surface area contributed by atoms with Crippen LogP contribution in [0, 0.1) is 5.92 Å². The van der Waals surface area contributed by atoms with Gasteiger partial charge in [-0.25, -0.2) is 4.98 Å². The van der Waals surface area contributed by atoms with Gasteiger partial charge in [0.05, 0.1) is 12.0 Å².